The molecule has 0 aliphatic carbocycles. The lowest BCUT2D eigenvalue weighted by Crippen LogP contribution is -2.28. The highest BCUT2D eigenvalue weighted by atomic mass is 35.5. The van der Waals surface area contributed by atoms with Gasteiger partial charge >= 0.3 is 0 Å². The van der Waals surface area contributed by atoms with Gasteiger partial charge in [0.05, 0.1) is 0 Å². The van der Waals surface area contributed by atoms with Gasteiger partial charge in [0.15, 0.2) is 0 Å². The minimum absolute atomic E-state index is 0.206. The van der Waals surface area contributed by atoms with Gasteiger partial charge in [-0.15, -0.1) is 0 Å². The molecule has 0 saturated heterocycles. The average molecular weight is 309 g/mol. The molecule has 0 saturated carbocycles. The van der Waals surface area contributed by atoms with Crippen molar-refractivity contribution in [3.05, 3.63) is 28.5 Å². The van der Waals surface area contributed by atoms with E-state index in [1.807, 2.05) is 6.92 Å². The lowest BCUT2D eigenvalue weighted by molar-refractivity contribution is 0.475. The second kappa shape index (κ2) is 6.65. The SMILES string of the molecule is CCNCc1cc(Cl)cc(S(=O)(=O)N(C)CC)c1F. The topological polar surface area (TPSA) is 49.4 Å². The van der Waals surface area contributed by atoms with Gasteiger partial charge < -0.3 is 5.32 Å². The predicted octanol–water partition coefficient (Wildman–Crippen LogP) is 2.23. The number of nitrogens with zero attached hydrogens (tertiary/aromatic N) is 1. The van der Waals surface area contributed by atoms with Crippen molar-refractivity contribution >= 4 is 21.6 Å². The largest absolute Gasteiger partial charge is 0.313 e. The number of hydrogen-bond donors (Lipinski definition) is 1. The normalized spacial score (nSPS) is 12.1. The van der Waals surface area contributed by atoms with Crippen molar-refractivity contribution in [1.29, 1.82) is 0 Å². The first kappa shape index (κ1) is 16.4. The second-order valence-electron chi connectivity index (χ2n) is 4.08. The highest BCUT2D eigenvalue weighted by Crippen LogP contribution is 2.25. The highest BCUT2D eigenvalue weighted by Gasteiger charge is 2.25. The van der Waals surface area contributed by atoms with Crippen LogP contribution in [0.3, 0.4) is 0 Å². The van der Waals surface area contributed by atoms with Crippen molar-refractivity contribution in [2.24, 2.45) is 0 Å². The molecule has 0 fully saturated rings. The van der Waals surface area contributed by atoms with Crippen LogP contribution in [-0.4, -0.2) is 32.9 Å². The molecule has 7 heteroatoms. The number of hydrogen-bond acceptors (Lipinski definition) is 3. The van der Waals surface area contributed by atoms with Crippen LogP contribution in [0.5, 0.6) is 0 Å². The zero-order valence-corrected chi connectivity index (χ0v) is 12.8. The first-order chi connectivity index (χ1) is 8.84. The van der Waals surface area contributed by atoms with Crippen molar-refractivity contribution in [3.63, 3.8) is 0 Å². The van der Waals surface area contributed by atoms with Crippen LogP contribution in [0, 0.1) is 5.82 Å². The number of nitrogens with one attached hydrogen (secondary N) is 1. The molecule has 0 amide bonds. The summed E-state index contributed by atoms with van der Waals surface area (Å²) < 4.78 is 39.7. The summed E-state index contributed by atoms with van der Waals surface area (Å²) in [6, 6.07) is 2.58. The Kier molecular flexibility index (Phi) is 5.73. The molecule has 0 aliphatic heterocycles. The fourth-order valence-electron chi connectivity index (χ4n) is 1.53. The first-order valence-corrected chi connectivity index (χ1v) is 7.81. The Morgan fingerprint density at radius 3 is 2.53 bits per heavy atom. The summed E-state index contributed by atoms with van der Waals surface area (Å²) in [4.78, 5) is -0.378. The molecule has 1 N–H and O–H groups in total. The smallest absolute Gasteiger partial charge is 0.245 e. The van der Waals surface area contributed by atoms with Gasteiger partial charge in [-0.2, -0.15) is 0 Å². The van der Waals surface area contributed by atoms with E-state index in [2.05, 4.69) is 5.32 Å². The molecule has 0 atom stereocenters. The van der Waals surface area contributed by atoms with Crippen molar-refractivity contribution in [2.75, 3.05) is 20.1 Å². The Morgan fingerprint density at radius 2 is 2.00 bits per heavy atom. The molecule has 19 heavy (non-hydrogen) atoms. The Morgan fingerprint density at radius 1 is 1.37 bits per heavy atom. The predicted molar refractivity (Wildman–Crippen MR) is 74.3 cm³/mol. The van der Waals surface area contributed by atoms with Gasteiger partial charge in [-0.25, -0.2) is 17.1 Å². The van der Waals surface area contributed by atoms with Crippen LogP contribution >= 0.6 is 11.6 Å². The zero-order chi connectivity index (χ0) is 14.6. The molecule has 0 bridgehead atoms. The van der Waals surface area contributed by atoms with E-state index < -0.39 is 15.8 Å². The maximum absolute atomic E-state index is 14.3. The summed E-state index contributed by atoms with van der Waals surface area (Å²) in [5.41, 5.74) is 0.248. The van der Waals surface area contributed by atoms with Crippen molar-refractivity contribution in [2.45, 2.75) is 25.3 Å². The zero-order valence-electron chi connectivity index (χ0n) is 11.2. The summed E-state index contributed by atoms with van der Waals surface area (Å²) in [5, 5.41) is 3.15. The average Bonchev–Trinajstić information content (AvgIpc) is 2.37. The molecule has 0 heterocycles. The second-order valence-corrected chi connectivity index (χ2v) is 6.53. The van der Waals surface area contributed by atoms with Gasteiger partial charge in [-0.3, -0.25) is 0 Å². The Hall–Kier alpha value is -0.690. The van der Waals surface area contributed by atoms with Gasteiger partial charge in [0.25, 0.3) is 0 Å². The Bertz CT molecular complexity index is 549. The van der Waals surface area contributed by atoms with Crippen LogP contribution in [0.1, 0.15) is 19.4 Å². The molecule has 108 valence electrons. The maximum Gasteiger partial charge on any atom is 0.245 e. The minimum Gasteiger partial charge on any atom is -0.313 e. The van der Waals surface area contributed by atoms with Gasteiger partial charge in [0, 0.05) is 30.7 Å². The van der Waals surface area contributed by atoms with Crippen LogP contribution in [-0.2, 0) is 16.6 Å². The number of sulfonamides is 1. The van der Waals surface area contributed by atoms with Crippen LogP contribution in [0.2, 0.25) is 5.02 Å². The van der Waals surface area contributed by atoms with E-state index in [9.17, 15) is 12.8 Å². The van der Waals surface area contributed by atoms with E-state index in [0.29, 0.717) is 6.54 Å². The van der Waals surface area contributed by atoms with Gasteiger partial charge in [0.1, 0.15) is 10.7 Å². The molecule has 0 spiro atoms. The molecule has 1 aromatic rings. The van der Waals surface area contributed by atoms with E-state index >= 15 is 0 Å². The van der Waals surface area contributed by atoms with Crippen molar-refractivity contribution in [1.82, 2.24) is 9.62 Å². The van der Waals surface area contributed by atoms with E-state index in [4.69, 9.17) is 11.6 Å². The maximum atomic E-state index is 14.3. The Labute approximate surface area is 118 Å². The van der Waals surface area contributed by atoms with Gasteiger partial charge in [0.2, 0.25) is 10.0 Å². The summed E-state index contributed by atoms with van der Waals surface area (Å²) in [6.45, 7) is 4.71. The molecule has 0 aromatic heterocycles. The lowest BCUT2D eigenvalue weighted by Gasteiger charge is -2.17. The molecule has 1 aromatic carbocycles. The molecule has 4 nitrogen and oxygen atoms in total. The first-order valence-electron chi connectivity index (χ1n) is 5.99. The van der Waals surface area contributed by atoms with Crippen molar-refractivity contribution in [3.8, 4) is 0 Å². The fourth-order valence-corrected chi connectivity index (χ4v) is 3.15. The third-order valence-electron chi connectivity index (χ3n) is 2.78. The molecule has 0 unspecified atom stereocenters. The Balaban J connectivity index is 3.32. The van der Waals surface area contributed by atoms with Crippen molar-refractivity contribution < 1.29 is 12.8 Å². The third kappa shape index (κ3) is 3.66. The summed E-state index contributed by atoms with van der Waals surface area (Å²) >= 11 is 5.88. The monoisotopic (exact) mass is 308 g/mol. The highest BCUT2D eigenvalue weighted by molar-refractivity contribution is 7.89. The van der Waals surface area contributed by atoms with Crippen LogP contribution in [0.25, 0.3) is 0 Å². The molecule has 1 rings (SSSR count). The van der Waals surface area contributed by atoms with Gasteiger partial charge in [-0.1, -0.05) is 25.4 Å². The molecule has 0 radical (unpaired) electrons. The standard InChI is InChI=1S/C12H18ClFN2O2S/c1-4-15-8-9-6-10(13)7-11(12(9)14)19(17,18)16(3)5-2/h6-7,15H,4-5,8H2,1-3H3. The third-order valence-corrected chi connectivity index (χ3v) is 4.93. The lowest BCUT2D eigenvalue weighted by atomic mass is 10.2. The van der Waals surface area contributed by atoms with Crippen LogP contribution in [0.15, 0.2) is 17.0 Å². The molecular weight excluding hydrogens is 291 g/mol. The summed E-state index contributed by atoms with van der Waals surface area (Å²) in [7, 11) is -2.44. The van der Waals surface area contributed by atoms with E-state index in [1.165, 1.54) is 13.1 Å². The number of rotatable bonds is 6. The summed E-state index contributed by atoms with van der Waals surface area (Å²) in [5.74, 6) is -0.745. The quantitative estimate of drug-likeness (QED) is 0.877. The molecule has 0 aliphatic rings. The summed E-state index contributed by atoms with van der Waals surface area (Å²) in [6.07, 6.45) is 0. The van der Waals surface area contributed by atoms with E-state index in [0.717, 1.165) is 10.4 Å². The van der Waals surface area contributed by atoms with E-state index in [1.54, 1.807) is 6.92 Å². The fraction of sp³-hybridized carbons (Fsp3) is 0.500. The number of halogens is 2. The van der Waals surface area contributed by atoms with Crippen LogP contribution in [0.4, 0.5) is 4.39 Å². The minimum atomic E-state index is -3.84. The van der Waals surface area contributed by atoms with E-state index in [-0.39, 0.29) is 28.6 Å². The number of benzene rings is 1. The van der Waals surface area contributed by atoms with Crippen LogP contribution < -0.4 is 5.32 Å². The molecular formula is C12H18ClFN2O2S. The van der Waals surface area contributed by atoms with Gasteiger partial charge in [-0.05, 0) is 18.7 Å².